The predicted octanol–water partition coefficient (Wildman–Crippen LogP) is 0.870. The summed E-state index contributed by atoms with van der Waals surface area (Å²) in [4.78, 5) is 21.3. The third kappa shape index (κ3) is 5.73. The van der Waals surface area contributed by atoms with Crippen molar-refractivity contribution in [3.8, 4) is 0 Å². The lowest BCUT2D eigenvalue weighted by atomic mass is 9.86. The van der Waals surface area contributed by atoms with Gasteiger partial charge in [0.1, 0.15) is 12.5 Å². The smallest absolute Gasteiger partial charge is 0.305 e. The van der Waals surface area contributed by atoms with E-state index < -0.39 is 24.3 Å². The van der Waals surface area contributed by atoms with Crippen LogP contribution in [0.2, 0.25) is 0 Å². The molecular formula is C15H28N2O4. The summed E-state index contributed by atoms with van der Waals surface area (Å²) < 4.78 is 0. The lowest BCUT2D eigenvalue weighted by molar-refractivity contribution is -0.138. The van der Waals surface area contributed by atoms with Gasteiger partial charge >= 0.3 is 5.97 Å². The standard InChI is InChI=1S/C15H28N2O4/c1-10(2)15(6-7-15)5-3-4-12(16)14(21)17-11(9-18)8-13(19)20/h9-12,14,17,21H,3-8,16H2,1-2H3,(H,19,20)/t11-,12?,14?/m1/s1. The molecule has 3 atom stereocenters. The highest BCUT2D eigenvalue weighted by Crippen LogP contribution is 2.55. The number of aliphatic carboxylic acids is 1. The van der Waals surface area contributed by atoms with E-state index >= 15 is 0 Å². The van der Waals surface area contributed by atoms with Crippen LogP contribution in [0, 0.1) is 11.3 Å². The van der Waals surface area contributed by atoms with Gasteiger partial charge in [0.2, 0.25) is 0 Å². The largest absolute Gasteiger partial charge is 0.481 e. The molecule has 1 saturated carbocycles. The van der Waals surface area contributed by atoms with E-state index in [0.717, 1.165) is 12.8 Å². The maximum absolute atomic E-state index is 10.7. The first-order chi connectivity index (χ1) is 9.80. The Morgan fingerprint density at radius 3 is 2.48 bits per heavy atom. The van der Waals surface area contributed by atoms with Crippen molar-refractivity contribution in [3.63, 3.8) is 0 Å². The highest BCUT2D eigenvalue weighted by atomic mass is 16.4. The van der Waals surface area contributed by atoms with E-state index in [1.807, 2.05) is 0 Å². The maximum Gasteiger partial charge on any atom is 0.305 e. The molecule has 0 heterocycles. The first-order valence-corrected chi connectivity index (χ1v) is 7.67. The maximum atomic E-state index is 10.7. The fourth-order valence-electron chi connectivity index (χ4n) is 2.80. The Balaban J connectivity index is 2.28. The average Bonchev–Trinajstić information content (AvgIpc) is 3.18. The molecule has 2 unspecified atom stereocenters. The summed E-state index contributed by atoms with van der Waals surface area (Å²) in [6, 6.07) is -1.40. The average molecular weight is 300 g/mol. The van der Waals surface area contributed by atoms with Crippen molar-refractivity contribution >= 4 is 12.3 Å². The second-order valence-electron chi connectivity index (χ2n) is 6.53. The van der Waals surface area contributed by atoms with Gasteiger partial charge < -0.3 is 20.7 Å². The van der Waals surface area contributed by atoms with Gasteiger partial charge in [-0.25, -0.2) is 0 Å². The Morgan fingerprint density at radius 2 is 2.05 bits per heavy atom. The van der Waals surface area contributed by atoms with E-state index in [9.17, 15) is 14.7 Å². The molecule has 0 aromatic carbocycles. The third-order valence-electron chi connectivity index (χ3n) is 4.68. The van der Waals surface area contributed by atoms with Gasteiger partial charge in [-0.2, -0.15) is 0 Å². The van der Waals surface area contributed by atoms with Gasteiger partial charge in [-0.15, -0.1) is 0 Å². The van der Waals surface area contributed by atoms with Crippen LogP contribution in [-0.4, -0.2) is 40.8 Å². The second kappa shape index (κ2) is 7.87. The normalized spacial score (nSPS) is 20.8. The summed E-state index contributed by atoms with van der Waals surface area (Å²) >= 11 is 0. The van der Waals surface area contributed by atoms with Gasteiger partial charge in [-0.1, -0.05) is 20.3 Å². The molecule has 0 radical (unpaired) electrons. The molecule has 0 bridgehead atoms. The van der Waals surface area contributed by atoms with Crippen LogP contribution in [0.25, 0.3) is 0 Å². The number of nitrogens with two attached hydrogens (primary N) is 1. The summed E-state index contributed by atoms with van der Waals surface area (Å²) in [5.41, 5.74) is 6.37. The molecule has 0 amide bonds. The molecule has 0 aliphatic heterocycles. The van der Waals surface area contributed by atoms with Crippen LogP contribution >= 0.6 is 0 Å². The molecule has 6 nitrogen and oxygen atoms in total. The number of carbonyl (C=O) groups is 2. The van der Waals surface area contributed by atoms with E-state index in [0.29, 0.717) is 24.0 Å². The fraction of sp³-hybridized carbons (Fsp3) is 0.867. The minimum absolute atomic E-state index is 0.357. The van der Waals surface area contributed by atoms with E-state index in [1.165, 1.54) is 12.8 Å². The first-order valence-electron chi connectivity index (χ1n) is 7.67. The number of rotatable bonds is 11. The minimum Gasteiger partial charge on any atom is -0.481 e. The van der Waals surface area contributed by atoms with Crippen LogP contribution in [0.15, 0.2) is 0 Å². The van der Waals surface area contributed by atoms with Crippen LogP contribution < -0.4 is 11.1 Å². The highest BCUT2D eigenvalue weighted by Gasteiger charge is 2.44. The Morgan fingerprint density at radius 1 is 1.43 bits per heavy atom. The molecule has 1 aliphatic carbocycles. The van der Waals surface area contributed by atoms with Crippen molar-refractivity contribution in [2.75, 3.05) is 0 Å². The summed E-state index contributed by atoms with van der Waals surface area (Å²) in [7, 11) is 0. The SMILES string of the molecule is CC(C)C1(CCCC(N)C(O)N[C@@H](C=O)CC(=O)O)CC1. The van der Waals surface area contributed by atoms with Gasteiger partial charge in [0.25, 0.3) is 0 Å². The van der Waals surface area contributed by atoms with E-state index in [-0.39, 0.29) is 6.42 Å². The lowest BCUT2D eigenvalue weighted by Gasteiger charge is -2.24. The molecule has 5 N–H and O–H groups in total. The van der Waals surface area contributed by atoms with Crippen LogP contribution in [-0.2, 0) is 9.59 Å². The summed E-state index contributed by atoms with van der Waals surface area (Å²) in [6.45, 7) is 4.48. The number of aliphatic hydroxyl groups is 1. The van der Waals surface area contributed by atoms with Crippen LogP contribution in [0.5, 0.6) is 0 Å². The molecule has 21 heavy (non-hydrogen) atoms. The van der Waals surface area contributed by atoms with Crippen LogP contribution in [0.4, 0.5) is 0 Å². The Labute approximate surface area is 126 Å². The van der Waals surface area contributed by atoms with Gasteiger partial charge in [0, 0.05) is 6.04 Å². The highest BCUT2D eigenvalue weighted by molar-refractivity contribution is 5.73. The fourth-order valence-corrected chi connectivity index (χ4v) is 2.80. The number of carboxylic acids is 1. The zero-order chi connectivity index (χ0) is 16.0. The van der Waals surface area contributed by atoms with Gasteiger partial charge in [-0.05, 0) is 37.0 Å². The lowest BCUT2D eigenvalue weighted by Crippen LogP contribution is -2.50. The molecule has 0 saturated heterocycles. The van der Waals surface area contributed by atoms with E-state index in [4.69, 9.17) is 10.8 Å². The number of hydrogen-bond acceptors (Lipinski definition) is 5. The van der Waals surface area contributed by atoms with Crippen molar-refractivity contribution in [2.24, 2.45) is 17.1 Å². The third-order valence-corrected chi connectivity index (χ3v) is 4.68. The van der Waals surface area contributed by atoms with Crippen molar-refractivity contribution in [2.45, 2.75) is 70.7 Å². The molecule has 1 rings (SSSR count). The van der Waals surface area contributed by atoms with Gasteiger partial charge in [0.05, 0.1) is 12.5 Å². The topological polar surface area (TPSA) is 113 Å². The molecular weight excluding hydrogens is 272 g/mol. The molecule has 1 fully saturated rings. The Hall–Kier alpha value is -0.980. The molecule has 6 heteroatoms. The zero-order valence-corrected chi connectivity index (χ0v) is 12.9. The van der Waals surface area contributed by atoms with Crippen molar-refractivity contribution < 1.29 is 19.8 Å². The zero-order valence-electron chi connectivity index (χ0n) is 12.9. The number of carbonyl (C=O) groups excluding carboxylic acids is 1. The molecule has 1 aliphatic rings. The van der Waals surface area contributed by atoms with Gasteiger partial charge in [0.15, 0.2) is 0 Å². The minimum atomic E-state index is -1.09. The van der Waals surface area contributed by atoms with E-state index in [2.05, 4.69) is 19.2 Å². The van der Waals surface area contributed by atoms with Crippen LogP contribution in [0.1, 0.15) is 52.4 Å². The first kappa shape index (κ1) is 18.1. The monoisotopic (exact) mass is 300 g/mol. The van der Waals surface area contributed by atoms with Crippen LogP contribution in [0.3, 0.4) is 0 Å². The van der Waals surface area contributed by atoms with E-state index in [1.54, 1.807) is 0 Å². The van der Waals surface area contributed by atoms with Crippen molar-refractivity contribution in [1.82, 2.24) is 5.32 Å². The Kier molecular flexibility index (Phi) is 6.77. The molecule has 122 valence electrons. The number of aldehydes is 1. The number of nitrogens with one attached hydrogen (secondary N) is 1. The van der Waals surface area contributed by atoms with Gasteiger partial charge in [-0.3, -0.25) is 10.1 Å². The van der Waals surface area contributed by atoms with Crippen molar-refractivity contribution in [3.05, 3.63) is 0 Å². The number of carboxylic acid groups (broad SMARTS) is 1. The summed E-state index contributed by atoms with van der Waals surface area (Å²) in [5, 5.41) is 21.1. The second-order valence-corrected chi connectivity index (χ2v) is 6.53. The number of aliphatic hydroxyl groups excluding tert-OH is 1. The molecule has 0 aromatic rings. The van der Waals surface area contributed by atoms with Crippen molar-refractivity contribution in [1.29, 1.82) is 0 Å². The molecule has 0 spiro atoms. The summed E-state index contributed by atoms with van der Waals surface area (Å²) in [5.74, 6) is -0.417. The number of hydrogen-bond donors (Lipinski definition) is 4. The summed E-state index contributed by atoms with van der Waals surface area (Å²) in [6.07, 6.45) is 4.31. The predicted molar refractivity (Wildman–Crippen MR) is 79.6 cm³/mol. The quantitative estimate of drug-likeness (QED) is 0.333. The Bertz CT molecular complexity index is 356. The molecule has 0 aromatic heterocycles.